The molecule has 0 saturated carbocycles. The van der Waals surface area contributed by atoms with Gasteiger partial charge >= 0.3 is 5.97 Å². The summed E-state index contributed by atoms with van der Waals surface area (Å²) < 4.78 is 23.4. The standard InChI is InChI=1S/C10H19NO5S/c1-4-7(2)5-17(15,16)6-9(10(13)14)11-8(3)12/h7,9H,4-6H2,1-3H3,(H,11,12)(H,13,14)/t7?,9-/m0/s1. The fourth-order valence-corrected chi connectivity index (χ4v) is 3.27. The second kappa shape index (κ2) is 6.58. The fraction of sp³-hybridized carbons (Fsp3) is 0.800. The Kier molecular flexibility index (Phi) is 6.15. The van der Waals surface area contributed by atoms with Crippen LogP contribution >= 0.6 is 0 Å². The molecule has 2 atom stereocenters. The van der Waals surface area contributed by atoms with Crippen molar-refractivity contribution in [3.8, 4) is 0 Å². The highest BCUT2D eigenvalue weighted by atomic mass is 32.2. The van der Waals surface area contributed by atoms with Crippen LogP contribution in [-0.4, -0.2) is 42.9 Å². The molecule has 6 nitrogen and oxygen atoms in total. The van der Waals surface area contributed by atoms with E-state index in [0.29, 0.717) is 6.42 Å². The molecule has 0 aromatic carbocycles. The van der Waals surface area contributed by atoms with Crippen LogP contribution in [-0.2, 0) is 19.4 Å². The average molecular weight is 265 g/mol. The van der Waals surface area contributed by atoms with Crippen molar-refractivity contribution in [3.63, 3.8) is 0 Å². The molecule has 0 aliphatic carbocycles. The van der Waals surface area contributed by atoms with Crippen molar-refractivity contribution in [1.82, 2.24) is 5.32 Å². The Morgan fingerprint density at radius 3 is 2.18 bits per heavy atom. The summed E-state index contributed by atoms with van der Waals surface area (Å²) in [6.45, 7) is 4.80. The van der Waals surface area contributed by atoms with Gasteiger partial charge in [0.25, 0.3) is 0 Å². The van der Waals surface area contributed by atoms with Crippen LogP contribution in [0.5, 0.6) is 0 Å². The van der Waals surface area contributed by atoms with Gasteiger partial charge in [0.15, 0.2) is 9.84 Å². The van der Waals surface area contributed by atoms with Crippen molar-refractivity contribution < 1.29 is 23.1 Å². The molecule has 1 amide bonds. The van der Waals surface area contributed by atoms with Crippen molar-refractivity contribution in [1.29, 1.82) is 0 Å². The van der Waals surface area contributed by atoms with Gasteiger partial charge in [-0.3, -0.25) is 4.79 Å². The Hall–Kier alpha value is -1.11. The second-order valence-corrected chi connectivity index (χ2v) is 6.34. The minimum atomic E-state index is -3.48. The zero-order valence-electron chi connectivity index (χ0n) is 10.3. The molecular formula is C10H19NO5S. The van der Waals surface area contributed by atoms with Crippen LogP contribution in [0, 0.1) is 5.92 Å². The first kappa shape index (κ1) is 15.9. The maximum absolute atomic E-state index is 11.7. The zero-order valence-corrected chi connectivity index (χ0v) is 11.1. The number of carbonyl (C=O) groups is 2. The number of hydrogen-bond donors (Lipinski definition) is 2. The summed E-state index contributed by atoms with van der Waals surface area (Å²) >= 11 is 0. The van der Waals surface area contributed by atoms with Gasteiger partial charge in [-0.1, -0.05) is 20.3 Å². The minimum Gasteiger partial charge on any atom is -0.480 e. The Balaban J connectivity index is 4.64. The van der Waals surface area contributed by atoms with Crippen LogP contribution < -0.4 is 5.32 Å². The molecule has 0 aliphatic rings. The van der Waals surface area contributed by atoms with Crippen molar-refractivity contribution in [2.75, 3.05) is 11.5 Å². The van der Waals surface area contributed by atoms with Gasteiger partial charge in [0, 0.05) is 6.92 Å². The van der Waals surface area contributed by atoms with Crippen LogP contribution in [0.1, 0.15) is 27.2 Å². The van der Waals surface area contributed by atoms with Gasteiger partial charge in [-0.2, -0.15) is 0 Å². The van der Waals surface area contributed by atoms with Gasteiger partial charge in [-0.15, -0.1) is 0 Å². The number of nitrogens with one attached hydrogen (secondary N) is 1. The molecule has 0 aromatic heterocycles. The molecule has 0 fully saturated rings. The van der Waals surface area contributed by atoms with E-state index in [9.17, 15) is 18.0 Å². The first-order valence-corrected chi connectivity index (χ1v) is 7.20. The molecule has 17 heavy (non-hydrogen) atoms. The number of amides is 1. The Bertz CT molecular complexity index is 376. The van der Waals surface area contributed by atoms with Crippen molar-refractivity contribution in [2.24, 2.45) is 5.92 Å². The van der Waals surface area contributed by atoms with E-state index in [0.717, 1.165) is 6.92 Å². The molecule has 0 rings (SSSR count). The lowest BCUT2D eigenvalue weighted by Crippen LogP contribution is -2.45. The first-order chi connectivity index (χ1) is 7.68. The number of hydrogen-bond acceptors (Lipinski definition) is 4. The Morgan fingerprint density at radius 1 is 1.29 bits per heavy atom. The number of aliphatic carboxylic acids is 1. The third kappa shape index (κ3) is 6.93. The van der Waals surface area contributed by atoms with Crippen LogP contribution in [0.4, 0.5) is 0 Å². The predicted molar refractivity (Wildman–Crippen MR) is 63.3 cm³/mol. The zero-order chi connectivity index (χ0) is 13.6. The van der Waals surface area contributed by atoms with E-state index in [1.165, 1.54) is 0 Å². The first-order valence-electron chi connectivity index (χ1n) is 5.38. The van der Waals surface area contributed by atoms with E-state index in [1.807, 2.05) is 6.92 Å². The summed E-state index contributed by atoms with van der Waals surface area (Å²) in [4.78, 5) is 21.5. The normalized spacial score (nSPS) is 15.0. The van der Waals surface area contributed by atoms with E-state index in [2.05, 4.69) is 5.32 Å². The molecule has 1 unspecified atom stereocenters. The molecule has 0 aromatic rings. The predicted octanol–water partition coefficient (Wildman–Crippen LogP) is 0.0366. The molecule has 0 radical (unpaired) electrons. The van der Waals surface area contributed by atoms with Gasteiger partial charge < -0.3 is 10.4 Å². The lowest BCUT2D eigenvalue weighted by atomic mass is 10.2. The monoisotopic (exact) mass is 265 g/mol. The van der Waals surface area contributed by atoms with E-state index < -0.39 is 33.5 Å². The number of carboxylic acids is 1. The maximum Gasteiger partial charge on any atom is 0.327 e. The second-order valence-electron chi connectivity index (χ2n) is 4.18. The van der Waals surface area contributed by atoms with Gasteiger partial charge in [-0.25, -0.2) is 13.2 Å². The molecule has 7 heteroatoms. The van der Waals surface area contributed by atoms with E-state index in [4.69, 9.17) is 5.11 Å². The van der Waals surface area contributed by atoms with Gasteiger partial charge in [0.1, 0.15) is 6.04 Å². The number of rotatable bonds is 7. The molecule has 0 heterocycles. The SMILES string of the molecule is CCC(C)CS(=O)(=O)C[C@H](NC(C)=O)C(=O)O. The summed E-state index contributed by atoms with van der Waals surface area (Å²) in [6, 6.07) is -1.37. The lowest BCUT2D eigenvalue weighted by Gasteiger charge is -2.15. The van der Waals surface area contributed by atoms with Crippen molar-refractivity contribution >= 4 is 21.7 Å². The lowest BCUT2D eigenvalue weighted by molar-refractivity contribution is -0.140. The summed E-state index contributed by atoms with van der Waals surface area (Å²) in [6.07, 6.45) is 0.705. The highest BCUT2D eigenvalue weighted by Crippen LogP contribution is 2.07. The van der Waals surface area contributed by atoms with E-state index in [-0.39, 0.29) is 11.7 Å². The topological polar surface area (TPSA) is 101 Å². The van der Waals surface area contributed by atoms with E-state index >= 15 is 0 Å². The third-order valence-electron chi connectivity index (χ3n) is 2.33. The largest absolute Gasteiger partial charge is 0.480 e. The summed E-state index contributed by atoms with van der Waals surface area (Å²) in [7, 11) is -3.48. The third-order valence-corrected chi connectivity index (χ3v) is 4.25. The number of sulfone groups is 1. The summed E-state index contributed by atoms with van der Waals surface area (Å²) in [5.74, 6) is -2.55. The molecule has 0 spiro atoms. The molecular weight excluding hydrogens is 246 g/mol. The van der Waals surface area contributed by atoms with Crippen LogP contribution in [0.15, 0.2) is 0 Å². The van der Waals surface area contributed by atoms with Gasteiger partial charge in [-0.05, 0) is 5.92 Å². The molecule has 0 bridgehead atoms. The van der Waals surface area contributed by atoms with Crippen molar-refractivity contribution in [3.05, 3.63) is 0 Å². The average Bonchev–Trinajstić information content (AvgIpc) is 2.14. The highest BCUT2D eigenvalue weighted by molar-refractivity contribution is 7.91. The number of carboxylic acid groups (broad SMARTS) is 1. The fourth-order valence-electron chi connectivity index (χ4n) is 1.29. The van der Waals surface area contributed by atoms with Gasteiger partial charge in [0.2, 0.25) is 5.91 Å². The smallest absolute Gasteiger partial charge is 0.327 e. The molecule has 2 N–H and O–H groups in total. The minimum absolute atomic E-state index is 0.0215. The highest BCUT2D eigenvalue weighted by Gasteiger charge is 2.26. The maximum atomic E-state index is 11.7. The quantitative estimate of drug-likeness (QED) is 0.676. The Morgan fingerprint density at radius 2 is 1.82 bits per heavy atom. The molecule has 100 valence electrons. The van der Waals surface area contributed by atoms with Crippen LogP contribution in [0.2, 0.25) is 0 Å². The van der Waals surface area contributed by atoms with Crippen LogP contribution in [0.3, 0.4) is 0 Å². The summed E-state index contributed by atoms with van der Waals surface area (Å²) in [5.41, 5.74) is 0. The van der Waals surface area contributed by atoms with Crippen molar-refractivity contribution in [2.45, 2.75) is 33.2 Å². The van der Waals surface area contributed by atoms with Gasteiger partial charge in [0.05, 0.1) is 11.5 Å². The van der Waals surface area contributed by atoms with E-state index in [1.54, 1.807) is 6.92 Å². The Labute approximate surface area is 101 Å². The summed E-state index contributed by atoms with van der Waals surface area (Å²) in [5, 5.41) is 10.9. The molecule has 0 saturated heterocycles. The van der Waals surface area contributed by atoms with Crippen LogP contribution in [0.25, 0.3) is 0 Å². The number of carbonyl (C=O) groups excluding carboxylic acids is 1. The molecule has 0 aliphatic heterocycles.